The van der Waals surface area contributed by atoms with Gasteiger partial charge in [-0.3, -0.25) is 0 Å². The average molecular weight is 282 g/mol. The summed E-state index contributed by atoms with van der Waals surface area (Å²) in [5.41, 5.74) is 6.52. The van der Waals surface area contributed by atoms with E-state index in [2.05, 4.69) is 87.5 Å². The van der Waals surface area contributed by atoms with E-state index >= 15 is 0 Å². The summed E-state index contributed by atoms with van der Waals surface area (Å²) in [6.45, 7) is 6.59. The Morgan fingerprint density at radius 3 is 2.29 bits per heavy atom. The Bertz CT molecular complexity index is 585. The summed E-state index contributed by atoms with van der Waals surface area (Å²) in [6, 6.07) is 15.6. The van der Waals surface area contributed by atoms with E-state index in [0.717, 1.165) is 6.42 Å². The molecule has 0 aliphatic carbocycles. The zero-order chi connectivity index (χ0) is 15.4. The SMILES string of the molecule is CCc1cccc(C)c1NC(C)c1ccc(N(C)C)cc1. The molecular formula is C19H26N2. The molecule has 2 rings (SSSR count). The Balaban J connectivity index is 2.20. The number of nitrogens with zero attached hydrogens (tertiary/aromatic N) is 1. The van der Waals surface area contributed by atoms with E-state index in [9.17, 15) is 0 Å². The molecule has 0 saturated heterocycles. The zero-order valence-electron chi connectivity index (χ0n) is 13.8. The second-order valence-corrected chi connectivity index (χ2v) is 5.81. The molecule has 0 aromatic heterocycles. The van der Waals surface area contributed by atoms with Crippen molar-refractivity contribution in [1.82, 2.24) is 0 Å². The summed E-state index contributed by atoms with van der Waals surface area (Å²) in [5, 5.41) is 3.68. The van der Waals surface area contributed by atoms with Gasteiger partial charge in [0.15, 0.2) is 0 Å². The van der Waals surface area contributed by atoms with Crippen LogP contribution in [0.3, 0.4) is 0 Å². The van der Waals surface area contributed by atoms with Crippen LogP contribution in [0.5, 0.6) is 0 Å². The Morgan fingerprint density at radius 2 is 1.71 bits per heavy atom. The number of anilines is 2. The van der Waals surface area contributed by atoms with Crippen molar-refractivity contribution in [3.63, 3.8) is 0 Å². The number of benzene rings is 2. The van der Waals surface area contributed by atoms with Gasteiger partial charge >= 0.3 is 0 Å². The largest absolute Gasteiger partial charge is 0.378 e. The average Bonchev–Trinajstić information content (AvgIpc) is 2.49. The minimum atomic E-state index is 0.299. The van der Waals surface area contributed by atoms with Crippen molar-refractivity contribution in [3.8, 4) is 0 Å². The smallest absolute Gasteiger partial charge is 0.0485 e. The van der Waals surface area contributed by atoms with Crippen LogP contribution in [0.15, 0.2) is 42.5 Å². The van der Waals surface area contributed by atoms with Crippen molar-refractivity contribution in [2.24, 2.45) is 0 Å². The summed E-state index contributed by atoms with van der Waals surface area (Å²) in [4.78, 5) is 2.12. The molecule has 1 atom stereocenters. The molecule has 1 unspecified atom stereocenters. The highest BCUT2D eigenvalue weighted by Gasteiger charge is 2.10. The third kappa shape index (κ3) is 3.57. The highest BCUT2D eigenvalue weighted by Crippen LogP contribution is 2.27. The molecule has 0 bridgehead atoms. The number of hydrogen-bond acceptors (Lipinski definition) is 2. The fourth-order valence-corrected chi connectivity index (χ4v) is 2.59. The molecule has 21 heavy (non-hydrogen) atoms. The number of para-hydroxylation sites is 1. The number of rotatable bonds is 5. The minimum Gasteiger partial charge on any atom is -0.378 e. The van der Waals surface area contributed by atoms with E-state index < -0.39 is 0 Å². The minimum absolute atomic E-state index is 0.299. The summed E-state index contributed by atoms with van der Waals surface area (Å²) in [6.07, 6.45) is 1.05. The van der Waals surface area contributed by atoms with E-state index in [1.165, 1.54) is 28.1 Å². The van der Waals surface area contributed by atoms with Crippen LogP contribution in [-0.4, -0.2) is 14.1 Å². The van der Waals surface area contributed by atoms with Crippen molar-refractivity contribution >= 4 is 11.4 Å². The van der Waals surface area contributed by atoms with Gasteiger partial charge in [0, 0.05) is 31.5 Å². The molecule has 2 aromatic rings. The highest BCUT2D eigenvalue weighted by atomic mass is 15.1. The first kappa shape index (κ1) is 15.4. The van der Waals surface area contributed by atoms with Gasteiger partial charge in [-0.1, -0.05) is 37.3 Å². The van der Waals surface area contributed by atoms with Gasteiger partial charge < -0.3 is 10.2 Å². The third-order valence-corrected chi connectivity index (χ3v) is 4.01. The van der Waals surface area contributed by atoms with Crippen LogP contribution in [0.2, 0.25) is 0 Å². The van der Waals surface area contributed by atoms with Gasteiger partial charge in [-0.25, -0.2) is 0 Å². The second-order valence-electron chi connectivity index (χ2n) is 5.81. The maximum atomic E-state index is 3.68. The van der Waals surface area contributed by atoms with Crippen LogP contribution >= 0.6 is 0 Å². The normalized spacial score (nSPS) is 12.0. The number of nitrogens with one attached hydrogen (secondary N) is 1. The molecule has 0 spiro atoms. The maximum absolute atomic E-state index is 3.68. The van der Waals surface area contributed by atoms with Crippen LogP contribution in [0.25, 0.3) is 0 Å². The van der Waals surface area contributed by atoms with E-state index in [1.807, 2.05) is 0 Å². The summed E-state index contributed by atoms with van der Waals surface area (Å²) in [7, 11) is 4.13. The van der Waals surface area contributed by atoms with Gasteiger partial charge in [0.2, 0.25) is 0 Å². The van der Waals surface area contributed by atoms with E-state index in [1.54, 1.807) is 0 Å². The molecule has 2 heteroatoms. The Labute approximate surface area is 128 Å². The maximum Gasteiger partial charge on any atom is 0.0485 e. The summed E-state index contributed by atoms with van der Waals surface area (Å²) < 4.78 is 0. The van der Waals surface area contributed by atoms with Crippen molar-refractivity contribution in [2.75, 3.05) is 24.3 Å². The molecule has 0 radical (unpaired) electrons. The quantitative estimate of drug-likeness (QED) is 0.847. The predicted octanol–water partition coefficient (Wildman–Crippen LogP) is 4.80. The predicted molar refractivity (Wildman–Crippen MR) is 93.4 cm³/mol. The van der Waals surface area contributed by atoms with Crippen molar-refractivity contribution in [2.45, 2.75) is 33.2 Å². The lowest BCUT2D eigenvalue weighted by atomic mass is 10.0. The van der Waals surface area contributed by atoms with Crippen LogP contribution in [0.4, 0.5) is 11.4 Å². The number of aryl methyl sites for hydroxylation is 2. The Hall–Kier alpha value is -1.96. The molecule has 0 saturated carbocycles. The highest BCUT2D eigenvalue weighted by molar-refractivity contribution is 5.58. The van der Waals surface area contributed by atoms with Crippen LogP contribution in [0, 0.1) is 6.92 Å². The molecule has 0 aliphatic heterocycles. The molecular weight excluding hydrogens is 256 g/mol. The summed E-state index contributed by atoms with van der Waals surface area (Å²) >= 11 is 0. The molecule has 0 aliphatic rings. The van der Waals surface area contributed by atoms with Gasteiger partial charge in [0.25, 0.3) is 0 Å². The Morgan fingerprint density at radius 1 is 1.05 bits per heavy atom. The van der Waals surface area contributed by atoms with E-state index in [4.69, 9.17) is 0 Å². The lowest BCUT2D eigenvalue weighted by Crippen LogP contribution is -2.11. The van der Waals surface area contributed by atoms with Crippen molar-refractivity contribution in [3.05, 3.63) is 59.2 Å². The first-order chi connectivity index (χ1) is 10.0. The number of hydrogen-bond donors (Lipinski definition) is 1. The molecule has 0 fully saturated rings. The summed E-state index contributed by atoms with van der Waals surface area (Å²) in [5.74, 6) is 0. The monoisotopic (exact) mass is 282 g/mol. The van der Waals surface area contributed by atoms with Crippen molar-refractivity contribution < 1.29 is 0 Å². The zero-order valence-corrected chi connectivity index (χ0v) is 13.8. The van der Waals surface area contributed by atoms with Crippen LogP contribution in [-0.2, 0) is 6.42 Å². The first-order valence-corrected chi connectivity index (χ1v) is 7.65. The fourth-order valence-electron chi connectivity index (χ4n) is 2.59. The van der Waals surface area contributed by atoms with Crippen LogP contribution in [0.1, 0.15) is 36.6 Å². The molecule has 0 amide bonds. The second kappa shape index (κ2) is 6.66. The van der Waals surface area contributed by atoms with Gasteiger partial charge in [0.05, 0.1) is 0 Å². The van der Waals surface area contributed by atoms with Gasteiger partial charge in [-0.2, -0.15) is 0 Å². The third-order valence-electron chi connectivity index (χ3n) is 4.01. The van der Waals surface area contributed by atoms with E-state index in [-0.39, 0.29) is 0 Å². The lowest BCUT2D eigenvalue weighted by Gasteiger charge is -2.21. The molecule has 0 heterocycles. The van der Waals surface area contributed by atoms with Crippen LogP contribution < -0.4 is 10.2 Å². The standard InChI is InChI=1S/C19H26N2/c1-6-16-9-7-8-14(2)19(16)20-15(3)17-10-12-18(13-11-17)21(4)5/h7-13,15,20H,6H2,1-5H3. The van der Waals surface area contributed by atoms with Gasteiger partial charge in [-0.15, -0.1) is 0 Å². The van der Waals surface area contributed by atoms with Crippen molar-refractivity contribution in [1.29, 1.82) is 0 Å². The topological polar surface area (TPSA) is 15.3 Å². The van der Waals surface area contributed by atoms with E-state index in [0.29, 0.717) is 6.04 Å². The fraction of sp³-hybridized carbons (Fsp3) is 0.368. The van der Waals surface area contributed by atoms with Gasteiger partial charge in [0.1, 0.15) is 0 Å². The molecule has 2 aromatic carbocycles. The molecule has 112 valence electrons. The first-order valence-electron chi connectivity index (χ1n) is 7.65. The Kier molecular flexibility index (Phi) is 4.89. The lowest BCUT2D eigenvalue weighted by molar-refractivity contribution is 0.876. The molecule has 2 nitrogen and oxygen atoms in total. The molecule has 1 N–H and O–H groups in total. The van der Waals surface area contributed by atoms with Gasteiger partial charge in [-0.05, 0) is 49.1 Å².